The van der Waals surface area contributed by atoms with E-state index in [9.17, 15) is 0 Å². The largest absolute Gasteiger partial charge is 0.357 e. The van der Waals surface area contributed by atoms with Crippen LogP contribution in [0.1, 0.15) is 39.5 Å². The number of nitrogens with one attached hydrogen (secondary N) is 2. The second-order valence-electron chi connectivity index (χ2n) is 6.37. The molecule has 118 valence electrons. The van der Waals surface area contributed by atoms with Crippen LogP contribution >= 0.6 is 0 Å². The summed E-state index contributed by atoms with van der Waals surface area (Å²) in [6, 6.07) is 0.459. The van der Waals surface area contributed by atoms with Gasteiger partial charge in [0.05, 0.1) is 0 Å². The summed E-state index contributed by atoms with van der Waals surface area (Å²) >= 11 is 0. The molecule has 21 heavy (non-hydrogen) atoms. The molecule has 2 rings (SSSR count). The van der Waals surface area contributed by atoms with E-state index in [-0.39, 0.29) is 0 Å². The Kier molecular flexibility index (Phi) is 5.20. The molecule has 1 aromatic rings. The number of nitrogens with zero attached hydrogens (tertiary/aromatic N) is 4. The van der Waals surface area contributed by atoms with Crippen molar-refractivity contribution in [2.45, 2.75) is 45.6 Å². The van der Waals surface area contributed by atoms with Crippen molar-refractivity contribution in [1.29, 1.82) is 0 Å². The molecular weight excluding hydrogens is 264 g/mol. The smallest absolute Gasteiger partial charge is 0.231 e. The molecule has 0 bridgehead atoms. The van der Waals surface area contributed by atoms with E-state index in [2.05, 4.69) is 39.4 Å². The maximum Gasteiger partial charge on any atom is 0.231 e. The third kappa shape index (κ3) is 3.95. The van der Waals surface area contributed by atoms with Crippen molar-refractivity contribution in [2.75, 3.05) is 36.7 Å². The van der Waals surface area contributed by atoms with Gasteiger partial charge in [0.2, 0.25) is 17.8 Å². The molecule has 1 aromatic heterocycles. The first-order valence-corrected chi connectivity index (χ1v) is 7.89. The van der Waals surface area contributed by atoms with Gasteiger partial charge in [0.25, 0.3) is 0 Å². The Morgan fingerprint density at radius 1 is 1.05 bits per heavy atom. The Bertz CT molecular complexity index is 459. The molecule has 2 atom stereocenters. The predicted molar refractivity (Wildman–Crippen MR) is 87.9 cm³/mol. The molecule has 2 unspecified atom stereocenters. The van der Waals surface area contributed by atoms with E-state index in [1.807, 2.05) is 26.0 Å². The zero-order valence-electron chi connectivity index (χ0n) is 13.8. The lowest BCUT2D eigenvalue weighted by molar-refractivity contribution is 0.253. The minimum Gasteiger partial charge on any atom is -0.357 e. The van der Waals surface area contributed by atoms with Crippen LogP contribution in [-0.2, 0) is 0 Å². The first-order valence-electron chi connectivity index (χ1n) is 7.89. The maximum atomic E-state index is 4.52. The maximum absolute atomic E-state index is 4.52. The van der Waals surface area contributed by atoms with Gasteiger partial charge in [-0.1, -0.05) is 26.7 Å². The molecule has 0 aromatic carbocycles. The highest BCUT2D eigenvalue weighted by atomic mass is 15.3. The summed E-state index contributed by atoms with van der Waals surface area (Å²) in [6.07, 6.45) is 5.11. The van der Waals surface area contributed by atoms with Crippen LogP contribution in [0, 0.1) is 11.8 Å². The van der Waals surface area contributed by atoms with Gasteiger partial charge in [-0.25, -0.2) is 0 Å². The van der Waals surface area contributed by atoms with E-state index in [0.29, 0.717) is 35.7 Å². The highest BCUT2D eigenvalue weighted by molar-refractivity contribution is 5.43. The molecule has 1 fully saturated rings. The van der Waals surface area contributed by atoms with Crippen molar-refractivity contribution < 1.29 is 0 Å². The van der Waals surface area contributed by atoms with E-state index in [1.165, 1.54) is 25.7 Å². The van der Waals surface area contributed by atoms with E-state index in [4.69, 9.17) is 0 Å². The van der Waals surface area contributed by atoms with Gasteiger partial charge in [-0.15, -0.1) is 0 Å². The van der Waals surface area contributed by atoms with Crippen LogP contribution in [0.4, 0.5) is 17.8 Å². The zero-order chi connectivity index (χ0) is 15.4. The lowest BCUT2D eigenvalue weighted by Gasteiger charge is -2.35. The van der Waals surface area contributed by atoms with Crippen molar-refractivity contribution in [3.05, 3.63) is 0 Å². The minimum absolute atomic E-state index is 0.459. The van der Waals surface area contributed by atoms with Gasteiger partial charge in [0.15, 0.2) is 0 Å². The van der Waals surface area contributed by atoms with E-state index in [1.54, 1.807) is 0 Å². The SMILES string of the molecule is CNc1nc(NC2CCCCC2C(C)C)nc(N(C)C)n1. The molecule has 6 heteroatoms. The highest BCUT2D eigenvalue weighted by Gasteiger charge is 2.28. The lowest BCUT2D eigenvalue weighted by Crippen LogP contribution is -2.36. The van der Waals surface area contributed by atoms with Gasteiger partial charge in [0, 0.05) is 27.2 Å². The van der Waals surface area contributed by atoms with Crippen molar-refractivity contribution >= 4 is 17.8 Å². The second-order valence-corrected chi connectivity index (χ2v) is 6.37. The normalized spacial score (nSPS) is 22.2. The number of aromatic nitrogens is 3. The number of hydrogen-bond donors (Lipinski definition) is 2. The molecule has 0 amide bonds. The Hall–Kier alpha value is -1.59. The molecule has 6 nitrogen and oxygen atoms in total. The number of hydrogen-bond acceptors (Lipinski definition) is 6. The van der Waals surface area contributed by atoms with Crippen LogP contribution in [0.15, 0.2) is 0 Å². The fourth-order valence-corrected chi connectivity index (χ4v) is 3.04. The minimum atomic E-state index is 0.459. The van der Waals surface area contributed by atoms with Gasteiger partial charge in [-0.3, -0.25) is 0 Å². The van der Waals surface area contributed by atoms with Crippen molar-refractivity contribution in [3.8, 4) is 0 Å². The molecule has 2 N–H and O–H groups in total. The van der Waals surface area contributed by atoms with Crippen LogP contribution in [0.3, 0.4) is 0 Å². The quantitative estimate of drug-likeness (QED) is 0.869. The summed E-state index contributed by atoms with van der Waals surface area (Å²) in [5, 5.41) is 6.56. The van der Waals surface area contributed by atoms with Crippen LogP contribution < -0.4 is 15.5 Å². The summed E-state index contributed by atoms with van der Waals surface area (Å²) in [5.41, 5.74) is 0. The van der Waals surface area contributed by atoms with Gasteiger partial charge in [0.1, 0.15) is 0 Å². The van der Waals surface area contributed by atoms with Gasteiger partial charge in [-0.05, 0) is 24.7 Å². The van der Waals surface area contributed by atoms with Crippen LogP contribution in [0.25, 0.3) is 0 Å². The molecular formula is C15H28N6. The summed E-state index contributed by atoms with van der Waals surface area (Å²) < 4.78 is 0. The molecule has 1 saturated carbocycles. The topological polar surface area (TPSA) is 66.0 Å². The van der Waals surface area contributed by atoms with E-state index >= 15 is 0 Å². The second kappa shape index (κ2) is 6.91. The van der Waals surface area contributed by atoms with Crippen LogP contribution in [0.2, 0.25) is 0 Å². The Labute approximate surface area is 127 Å². The third-order valence-corrected chi connectivity index (χ3v) is 4.24. The highest BCUT2D eigenvalue weighted by Crippen LogP contribution is 2.32. The van der Waals surface area contributed by atoms with Gasteiger partial charge in [-0.2, -0.15) is 15.0 Å². The van der Waals surface area contributed by atoms with Crippen LogP contribution in [0.5, 0.6) is 0 Å². The predicted octanol–water partition coefficient (Wildman–Crippen LogP) is 2.61. The molecule has 0 aliphatic heterocycles. The summed E-state index contributed by atoms with van der Waals surface area (Å²) in [7, 11) is 5.71. The Morgan fingerprint density at radius 2 is 1.71 bits per heavy atom. The lowest BCUT2D eigenvalue weighted by atomic mass is 9.78. The van der Waals surface area contributed by atoms with E-state index < -0.39 is 0 Å². The third-order valence-electron chi connectivity index (χ3n) is 4.24. The summed E-state index contributed by atoms with van der Waals surface area (Å²) in [4.78, 5) is 15.2. The molecule has 1 heterocycles. The average molecular weight is 292 g/mol. The molecule has 1 aliphatic carbocycles. The zero-order valence-corrected chi connectivity index (χ0v) is 13.8. The first-order chi connectivity index (χ1) is 10.0. The molecule has 0 saturated heterocycles. The van der Waals surface area contributed by atoms with Crippen LogP contribution in [-0.4, -0.2) is 42.1 Å². The average Bonchev–Trinajstić information content (AvgIpc) is 2.47. The monoisotopic (exact) mass is 292 g/mol. The first kappa shape index (κ1) is 15.8. The molecule has 1 aliphatic rings. The number of anilines is 3. The van der Waals surface area contributed by atoms with Crippen molar-refractivity contribution in [1.82, 2.24) is 15.0 Å². The molecule has 0 spiro atoms. The van der Waals surface area contributed by atoms with Gasteiger partial charge < -0.3 is 15.5 Å². The summed E-state index contributed by atoms with van der Waals surface area (Å²) in [6.45, 7) is 4.62. The summed E-state index contributed by atoms with van der Waals surface area (Å²) in [5.74, 6) is 3.33. The van der Waals surface area contributed by atoms with Crippen molar-refractivity contribution in [3.63, 3.8) is 0 Å². The Balaban J connectivity index is 2.19. The molecule has 0 radical (unpaired) electrons. The Morgan fingerprint density at radius 3 is 2.33 bits per heavy atom. The van der Waals surface area contributed by atoms with E-state index in [0.717, 1.165) is 0 Å². The van der Waals surface area contributed by atoms with Crippen molar-refractivity contribution in [2.24, 2.45) is 11.8 Å². The van der Waals surface area contributed by atoms with Gasteiger partial charge >= 0.3 is 0 Å². The fraction of sp³-hybridized carbons (Fsp3) is 0.800. The number of rotatable bonds is 5. The standard InChI is InChI=1S/C15H28N6/c1-10(2)11-8-6-7-9-12(11)17-14-18-13(16-3)19-15(20-14)21(4)5/h10-12H,6-9H2,1-5H3,(H2,16,17,18,19,20). The fourth-order valence-electron chi connectivity index (χ4n) is 3.04.